The molecule has 118 valence electrons. The number of esters is 1. The van der Waals surface area contributed by atoms with Crippen molar-refractivity contribution in [3.8, 4) is 0 Å². The summed E-state index contributed by atoms with van der Waals surface area (Å²) in [6.45, 7) is 7.98. The van der Waals surface area contributed by atoms with E-state index < -0.39 is 0 Å². The second-order valence-electron chi connectivity index (χ2n) is 5.63. The fourth-order valence-electron chi connectivity index (χ4n) is 2.98. The van der Waals surface area contributed by atoms with E-state index in [1.807, 2.05) is 13.0 Å². The van der Waals surface area contributed by atoms with Crippen LogP contribution in [-0.2, 0) is 11.3 Å². The van der Waals surface area contributed by atoms with E-state index in [1.54, 1.807) is 0 Å². The van der Waals surface area contributed by atoms with Gasteiger partial charge in [0.15, 0.2) is 0 Å². The number of aryl methyl sites for hydroxylation is 1. The van der Waals surface area contributed by atoms with Crippen LogP contribution < -0.4 is 5.32 Å². The predicted molar refractivity (Wildman–Crippen MR) is 81.4 cm³/mol. The average Bonchev–Trinajstić information content (AvgIpc) is 2.87. The molecule has 5 heteroatoms. The highest BCUT2D eigenvalue weighted by atomic mass is 16.5. The number of carbonyl (C=O) groups excluding carboxylic acids is 1. The fraction of sp³-hybridized carbons (Fsp3) is 0.688. The lowest BCUT2D eigenvalue weighted by atomic mass is 10.0. The first kappa shape index (κ1) is 16.0. The van der Waals surface area contributed by atoms with E-state index in [0.29, 0.717) is 17.4 Å². The highest BCUT2D eigenvalue weighted by molar-refractivity contribution is 5.90. The van der Waals surface area contributed by atoms with E-state index in [4.69, 9.17) is 9.15 Å². The Morgan fingerprint density at radius 2 is 2.19 bits per heavy atom. The summed E-state index contributed by atoms with van der Waals surface area (Å²) in [4.78, 5) is 14.1. The third-order valence-electron chi connectivity index (χ3n) is 4.07. The Hall–Kier alpha value is -1.33. The molecule has 1 saturated heterocycles. The summed E-state index contributed by atoms with van der Waals surface area (Å²) in [5, 5.41) is 3.40. The van der Waals surface area contributed by atoms with E-state index in [1.165, 1.54) is 20.0 Å². The van der Waals surface area contributed by atoms with Crippen LogP contribution in [0.5, 0.6) is 0 Å². The standard InChI is InChI=1S/C16H26N2O3/c1-4-9-18(13-5-7-17-8-6-13)11-14-10-15(12(2)21-14)16(19)20-3/h10,13,17H,4-9,11H2,1-3H3. The van der Waals surface area contributed by atoms with Crippen LogP contribution >= 0.6 is 0 Å². The molecule has 1 N–H and O–H groups in total. The molecule has 0 bridgehead atoms. The van der Waals surface area contributed by atoms with Crippen LogP contribution in [0, 0.1) is 6.92 Å². The van der Waals surface area contributed by atoms with Crippen molar-refractivity contribution in [1.29, 1.82) is 0 Å². The van der Waals surface area contributed by atoms with Crippen LogP contribution in [0.3, 0.4) is 0 Å². The van der Waals surface area contributed by atoms with Gasteiger partial charge in [-0.2, -0.15) is 0 Å². The third kappa shape index (κ3) is 4.08. The topological polar surface area (TPSA) is 54.7 Å². The zero-order valence-corrected chi connectivity index (χ0v) is 13.3. The number of hydrogen-bond acceptors (Lipinski definition) is 5. The largest absolute Gasteiger partial charge is 0.465 e. The van der Waals surface area contributed by atoms with Crippen molar-refractivity contribution >= 4 is 5.97 Å². The number of methoxy groups -OCH3 is 1. The van der Waals surface area contributed by atoms with Crippen LogP contribution in [0.15, 0.2) is 10.5 Å². The molecule has 0 aromatic carbocycles. The Morgan fingerprint density at radius 3 is 2.81 bits per heavy atom. The summed E-state index contributed by atoms with van der Waals surface area (Å²) in [6, 6.07) is 2.42. The van der Waals surface area contributed by atoms with Gasteiger partial charge in [-0.15, -0.1) is 0 Å². The molecule has 1 aliphatic heterocycles. The number of piperidine rings is 1. The zero-order valence-electron chi connectivity index (χ0n) is 13.3. The van der Waals surface area contributed by atoms with Crippen LogP contribution in [0.4, 0.5) is 0 Å². The molecular weight excluding hydrogens is 268 g/mol. The van der Waals surface area contributed by atoms with Crippen molar-refractivity contribution in [2.24, 2.45) is 0 Å². The van der Waals surface area contributed by atoms with Crippen LogP contribution in [-0.4, -0.2) is 43.7 Å². The van der Waals surface area contributed by atoms with Gasteiger partial charge >= 0.3 is 5.97 Å². The molecular formula is C16H26N2O3. The van der Waals surface area contributed by atoms with Gasteiger partial charge < -0.3 is 14.5 Å². The molecule has 1 aromatic rings. The maximum atomic E-state index is 11.7. The van der Waals surface area contributed by atoms with Gasteiger partial charge in [-0.1, -0.05) is 6.92 Å². The second kappa shape index (κ2) is 7.61. The van der Waals surface area contributed by atoms with Crippen molar-refractivity contribution in [2.45, 2.75) is 45.7 Å². The van der Waals surface area contributed by atoms with Crippen molar-refractivity contribution in [2.75, 3.05) is 26.7 Å². The number of ether oxygens (including phenoxy) is 1. The lowest BCUT2D eigenvalue weighted by molar-refractivity contribution is 0.0599. The van der Waals surface area contributed by atoms with Gasteiger partial charge in [0.05, 0.1) is 13.7 Å². The minimum absolute atomic E-state index is 0.327. The summed E-state index contributed by atoms with van der Waals surface area (Å²) in [7, 11) is 1.40. The van der Waals surface area contributed by atoms with Gasteiger partial charge in [-0.25, -0.2) is 4.79 Å². The summed E-state index contributed by atoms with van der Waals surface area (Å²) < 4.78 is 10.5. The molecule has 1 fully saturated rings. The number of hydrogen-bond donors (Lipinski definition) is 1. The lowest BCUT2D eigenvalue weighted by Gasteiger charge is -2.33. The molecule has 0 spiro atoms. The fourth-order valence-corrected chi connectivity index (χ4v) is 2.98. The van der Waals surface area contributed by atoms with Gasteiger partial charge in [0.25, 0.3) is 0 Å². The van der Waals surface area contributed by atoms with Crippen molar-refractivity contribution < 1.29 is 13.9 Å². The first-order chi connectivity index (χ1) is 10.2. The van der Waals surface area contributed by atoms with E-state index in [0.717, 1.165) is 38.4 Å². The number of furan rings is 1. The monoisotopic (exact) mass is 294 g/mol. The predicted octanol–water partition coefficient (Wildman–Crippen LogP) is 2.34. The second-order valence-corrected chi connectivity index (χ2v) is 5.63. The molecule has 1 aromatic heterocycles. The quantitative estimate of drug-likeness (QED) is 0.816. The smallest absolute Gasteiger partial charge is 0.341 e. The van der Waals surface area contributed by atoms with Crippen LogP contribution in [0.1, 0.15) is 48.1 Å². The van der Waals surface area contributed by atoms with E-state index in [2.05, 4.69) is 17.1 Å². The van der Waals surface area contributed by atoms with Gasteiger partial charge in [-0.3, -0.25) is 4.90 Å². The van der Waals surface area contributed by atoms with Crippen LogP contribution in [0.25, 0.3) is 0 Å². The highest BCUT2D eigenvalue weighted by Crippen LogP contribution is 2.20. The first-order valence-electron chi connectivity index (χ1n) is 7.78. The SMILES string of the molecule is CCCN(Cc1cc(C(=O)OC)c(C)o1)C1CCNCC1. The Labute approximate surface area is 126 Å². The third-order valence-corrected chi connectivity index (χ3v) is 4.07. The normalized spacial score (nSPS) is 16.4. The molecule has 21 heavy (non-hydrogen) atoms. The van der Waals surface area contributed by atoms with E-state index in [-0.39, 0.29) is 5.97 Å². The molecule has 5 nitrogen and oxygen atoms in total. The number of rotatable bonds is 6. The minimum atomic E-state index is -0.327. The summed E-state index contributed by atoms with van der Waals surface area (Å²) in [5.74, 6) is 1.16. The Morgan fingerprint density at radius 1 is 1.48 bits per heavy atom. The van der Waals surface area contributed by atoms with E-state index in [9.17, 15) is 4.79 Å². The van der Waals surface area contributed by atoms with Gasteiger partial charge in [0, 0.05) is 6.04 Å². The number of nitrogens with one attached hydrogen (secondary N) is 1. The van der Waals surface area contributed by atoms with Crippen LogP contribution in [0.2, 0.25) is 0 Å². The Bertz CT molecular complexity index is 464. The van der Waals surface area contributed by atoms with Gasteiger partial charge in [0.2, 0.25) is 0 Å². The van der Waals surface area contributed by atoms with E-state index >= 15 is 0 Å². The zero-order chi connectivity index (χ0) is 15.2. The molecule has 0 unspecified atom stereocenters. The van der Waals surface area contributed by atoms with Crippen molar-refractivity contribution in [3.63, 3.8) is 0 Å². The maximum Gasteiger partial charge on any atom is 0.341 e. The summed E-state index contributed by atoms with van der Waals surface area (Å²) in [5.41, 5.74) is 0.536. The molecule has 2 rings (SSSR count). The van der Waals surface area contributed by atoms with Crippen molar-refractivity contribution in [3.05, 3.63) is 23.2 Å². The Balaban J connectivity index is 2.07. The summed E-state index contributed by atoms with van der Waals surface area (Å²) >= 11 is 0. The first-order valence-corrected chi connectivity index (χ1v) is 7.78. The highest BCUT2D eigenvalue weighted by Gasteiger charge is 2.23. The van der Waals surface area contributed by atoms with Gasteiger partial charge in [-0.05, 0) is 51.9 Å². The lowest BCUT2D eigenvalue weighted by Crippen LogP contribution is -2.43. The molecule has 1 aliphatic rings. The van der Waals surface area contributed by atoms with Crippen molar-refractivity contribution in [1.82, 2.24) is 10.2 Å². The Kier molecular flexibility index (Phi) is 5.82. The molecule has 0 saturated carbocycles. The average molecular weight is 294 g/mol. The molecule has 2 heterocycles. The molecule has 0 atom stereocenters. The number of nitrogens with zero attached hydrogens (tertiary/aromatic N) is 1. The summed E-state index contributed by atoms with van der Waals surface area (Å²) in [6.07, 6.45) is 3.46. The minimum Gasteiger partial charge on any atom is -0.465 e. The van der Waals surface area contributed by atoms with Gasteiger partial charge in [0.1, 0.15) is 17.1 Å². The molecule has 0 aliphatic carbocycles. The molecule has 0 radical (unpaired) electrons. The number of carbonyl (C=O) groups is 1. The maximum absolute atomic E-state index is 11.7. The molecule has 0 amide bonds.